The van der Waals surface area contributed by atoms with Gasteiger partial charge in [-0.3, -0.25) is 9.78 Å². The number of carbonyl (C=O) groups is 1. The topological polar surface area (TPSA) is 60.5 Å². The molecule has 1 aromatic heterocycles. The first-order valence-electron chi connectivity index (χ1n) is 8.02. The molecule has 2 aromatic carbocycles. The van der Waals surface area contributed by atoms with E-state index < -0.39 is 0 Å². The van der Waals surface area contributed by atoms with Gasteiger partial charge in [0.05, 0.1) is 7.11 Å². The molecular weight excluding hydrogens is 387 g/mol. The predicted octanol–water partition coefficient (Wildman–Crippen LogP) is 5.23. The van der Waals surface area contributed by atoms with Gasteiger partial charge < -0.3 is 14.8 Å². The normalized spacial score (nSPS) is 10.3. The largest absolute Gasteiger partial charge is 0.493 e. The molecule has 138 valence electrons. The zero-order valence-electron chi connectivity index (χ0n) is 14.4. The number of nitrogens with zero attached hydrogens (tertiary/aromatic N) is 1. The van der Waals surface area contributed by atoms with Crippen molar-refractivity contribution in [2.24, 2.45) is 0 Å². The van der Waals surface area contributed by atoms with Crippen LogP contribution in [-0.4, -0.2) is 18.0 Å². The molecule has 0 spiro atoms. The average molecular weight is 403 g/mol. The number of anilines is 1. The molecule has 7 heteroatoms. The van der Waals surface area contributed by atoms with Crippen LogP contribution in [-0.2, 0) is 6.61 Å². The van der Waals surface area contributed by atoms with Crippen molar-refractivity contribution in [2.75, 3.05) is 12.4 Å². The number of amides is 1. The number of hydrogen-bond donors (Lipinski definition) is 1. The third-order valence-corrected chi connectivity index (χ3v) is 4.10. The van der Waals surface area contributed by atoms with E-state index in [0.717, 1.165) is 5.56 Å². The van der Waals surface area contributed by atoms with Crippen LogP contribution in [0.25, 0.3) is 0 Å². The van der Waals surface area contributed by atoms with Crippen molar-refractivity contribution >= 4 is 34.8 Å². The maximum atomic E-state index is 12.5. The van der Waals surface area contributed by atoms with Crippen molar-refractivity contribution < 1.29 is 14.3 Å². The fourth-order valence-electron chi connectivity index (χ4n) is 2.40. The average Bonchev–Trinajstić information content (AvgIpc) is 2.66. The molecule has 0 bridgehead atoms. The minimum atomic E-state index is -0.331. The number of rotatable bonds is 6. The van der Waals surface area contributed by atoms with Gasteiger partial charge in [-0.1, -0.05) is 29.3 Å². The maximum absolute atomic E-state index is 12.5. The minimum absolute atomic E-state index is 0.325. The number of carbonyl (C=O) groups excluding carboxylic acids is 1. The lowest BCUT2D eigenvalue weighted by molar-refractivity contribution is 0.102. The summed E-state index contributed by atoms with van der Waals surface area (Å²) in [5, 5.41) is 3.58. The highest BCUT2D eigenvalue weighted by Gasteiger charge is 2.11. The highest BCUT2D eigenvalue weighted by molar-refractivity contribution is 6.35. The van der Waals surface area contributed by atoms with Crippen LogP contribution in [0.5, 0.6) is 11.5 Å². The molecule has 0 saturated heterocycles. The smallest absolute Gasteiger partial charge is 0.255 e. The van der Waals surface area contributed by atoms with Crippen LogP contribution in [0, 0.1) is 0 Å². The number of nitrogens with one attached hydrogen (secondary N) is 1. The molecule has 0 saturated carbocycles. The number of halogens is 2. The van der Waals surface area contributed by atoms with Crippen LogP contribution < -0.4 is 14.8 Å². The molecule has 0 radical (unpaired) electrons. The van der Waals surface area contributed by atoms with Crippen LogP contribution in [0.15, 0.2) is 60.9 Å². The van der Waals surface area contributed by atoms with Gasteiger partial charge in [0.2, 0.25) is 0 Å². The molecule has 1 heterocycles. The second kappa shape index (κ2) is 8.75. The van der Waals surface area contributed by atoms with Crippen LogP contribution in [0.4, 0.5) is 5.69 Å². The van der Waals surface area contributed by atoms with Gasteiger partial charge in [0.1, 0.15) is 6.61 Å². The standard InChI is InChI=1S/C20H16Cl2N2O3/c1-26-18-5-4-17(10-19(18)27-12-13-3-2-6-23-11-13)24-20(25)14-7-15(21)9-16(22)8-14/h2-11H,12H2,1H3,(H,24,25). The van der Waals surface area contributed by atoms with E-state index in [9.17, 15) is 4.79 Å². The van der Waals surface area contributed by atoms with Crippen molar-refractivity contribution in [3.63, 3.8) is 0 Å². The number of methoxy groups -OCH3 is 1. The summed E-state index contributed by atoms with van der Waals surface area (Å²) in [7, 11) is 1.55. The molecule has 1 N–H and O–H groups in total. The maximum Gasteiger partial charge on any atom is 0.255 e. The lowest BCUT2D eigenvalue weighted by Crippen LogP contribution is -2.12. The van der Waals surface area contributed by atoms with Crippen molar-refractivity contribution in [3.8, 4) is 11.5 Å². The van der Waals surface area contributed by atoms with E-state index in [0.29, 0.717) is 39.4 Å². The van der Waals surface area contributed by atoms with Crippen molar-refractivity contribution in [1.29, 1.82) is 0 Å². The summed E-state index contributed by atoms with van der Waals surface area (Å²) in [6.45, 7) is 0.325. The molecule has 0 atom stereocenters. The Hall–Kier alpha value is -2.76. The fraction of sp³-hybridized carbons (Fsp3) is 0.100. The number of pyridine rings is 1. The molecule has 0 aliphatic heterocycles. The molecule has 27 heavy (non-hydrogen) atoms. The molecule has 0 fully saturated rings. The predicted molar refractivity (Wildman–Crippen MR) is 106 cm³/mol. The van der Waals surface area contributed by atoms with Gasteiger partial charge in [0, 0.05) is 45.3 Å². The van der Waals surface area contributed by atoms with Gasteiger partial charge in [-0.05, 0) is 36.4 Å². The highest BCUT2D eigenvalue weighted by Crippen LogP contribution is 2.31. The lowest BCUT2D eigenvalue weighted by Gasteiger charge is -2.13. The lowest BCUT2D eigenvalue weighted by atomic mass is 10.2. The van der Waals surface area contributed by atoms with Gasteiger partial charge in [0.25, 0.3) is 5.91 Å². The van der Waals surface area contributed by atoms with E-state index in [2.05, 4.69) is 10.3 Å². The zero-order chi connectivity index (χ0) is 19.2. The summed E-state index contributed by atoms with van der Waals surface area (Å²) in [4.78, 5) is 16.5. The Kier molecular flexibility index (Phi) is 6.16. The second-order valence-corrected chi connectivity index (χ2v) is 6.50. The van der Waals surface area contributed by atoms with Crippen molar-refractivity contribution in [3.05, 3.63) is 82.1 Å². The molecule has 3 aromatic rings. The Labute approximate surface area is 166 Å². The van der Waals surface area contributed by atoms with Gasteiger partial charge in [-0.2, -0.15) is 0 Å². The van der Waals surface area contributed by atoms with Gasteiger partial charge >= 0.3 is 0 Å². The first kappa shape index (κ1) is 19.0. The number of hydrogen-bond acceptors (Lipinski definition) is 4. The quantitative estimate of drug-likeness (QED) is 0.613. The number of ether oxygens (including phenoxy) is 2. The summed E-state index contributed by atoms with van der Waals surface area (Å²) >= 11 is 11.9. The Bertz CT molecular complexity index is 929. The third kappa shape index (κ3) is 5.12. The number of aromatic nitrogens is 1. The van der Waals surface area contributed by atoms with Crippen LogP contribution in [0.3, 0.4) is 0 Å². The van der Waals surface area contributed by atoms with Crippen LogP contribution in [0.1, 0.15) is 15.9 Å². The van der Waals surface area contributed by atoms with E-state index in [1.807, 2.05) is 12.1 Å². The summed E-state index contributed by atoms with van der Waals surface area (Å²) in [6.07, 6.45) is 3.42. The Morgan fingerprint density at radius 3 is 2.52 bits per heavy atom. The van der Waals surface area contributed by atoms with Crippen molar-refractivity contribution in [1.82, 2.24) is 4.98 Å². The summed E-state index contributed by atoms with van der Waals surface area (Å²) in [5.41, 5.74) is 1.83. The Morgan fingerprint density at radius 1 is 1.07 bits per heavy atom. The third-order valence-electron chi connectivity index (χ3n) is 3.66. The Morgan fingerprint density at radius 2 is 1.85 bits per heavy atom. The fourth-order valence-corrected chi connectivity index (χ4v) is 2.93. The highest BCUT2D eigenvalue weighted by atomic mass is 35.5. The minimum Gasteiger partial charge on any atom is -0.493 e. The van der Waals surface area contributed by atoms with E-state index in [1.54, 1.807) is 55.9 Å². The number of benzene rings is 2. The molecule has 5 nitrogen and oxygen atoms in total. The van der Waals surface area contributed by atoms with Gasteiger partial charge in [-0.25, -0.2) is 0 Å². The van der Waals surface area contributed by atoms with Gasteiger partial charge in [-0.15, -0.1) is 0 Å². The molecule has 3 rings (SSSR count). The summed E-state index contributed by atoms with van der Waals surface area (Å²) in [6, 6.07) is 13.5. The summed E-state index contributed by atoms with van der Waals surface area (Å²) in [5.74, 6) is 0.730. The SMILES string of the molecule is COc1ccc(NC(=O)c2cc(Cl)cc(Cl)c2)cc1OCc1cccnc1. The first-order chi connectivity index (χ1) is 13.0. The van der Waals surface area contributed by atoms with E-state index in [4.69, 9.17) is 32.7 Å². The molecular formula is C20H16Cl2N2O3. The molecule has 1 amide bonds. The van der Waals surface area contributed by atoms with Crippen LogP contribution >= 0.6 is 23.2 Å². The van der Waals surface area contributed by atoms with E-state index in [-0.39, 0.29) is 5.91 Å². The zero-order valence-corrected chi connectivity index (χ0v) is 15.9. The van der Waals surface area contributed by atoms with Crippen molar-refractivity contribution in [2.45, 2.75) is 6.61 Å². The monoisotopic (exact) mass is 402 g/mol. The molecule has 0 aliphatic rings. The first-order valence-corrected chi connectivity index (χ1v) is 8.78. The summed E-state index contributed by atoms with van der Waals surface area (Å²) < 4.78 is 11.1. The molecule has 0 unspecified atom stereocenters. The van der Waals surface area contributed by atoms with Gasteiger partial charge in [0.15, 0.2) is 11.5 Å². The second-order valence-electron chi connectivity index (χ2n) is 5.63. The van der Waals surface area contributed by atoms with Crippen LogP contribution in [0.2, 0.25) is 10.0 Å². The van der Waals surface area contributed by atoms with E-state index >= 15 is 0 Å². The Balaban J connectivity index is 1.76. The van der Waals surface area contributed by atoms with E-state index in [1.165, 1.54) is 0 Å². The molecule has 0 aliphatic carbocycles.